The molecule has 2 aromatic rings. The zero-order chi connectivity index (χ0) is 16.2. The Morgan fingerprint density at radius 2 is 1.52 bits per heavy atom. The number of unbranched alkanes of at least 4 members (excludes halogenated alkanes) is 2. The maximum atomic E-state index is 5.79. The summed E-state index contributed by atoms with van der Waals surface area (Å²) in [6, 6.07) is 18.5. The van der Waals surface area contributed by atoms with Gasteiger partial charge in [0.1, 0.15) is 12.4 Å². The Hall–Kier alpha value is -1.32. The van der Waals surface area contributed by atoms with Crippen LogP contribution in [0.5, 0.6) is 5.75 Å². The molecular weight excluding hydrogens is 352 g/mol. The van der Waals surface area contributed by atoms with Crippen LogP contribution in [0.15, 0.2) is 54.6 Å². The van der Waals surface area contributed by atoms with Crippen LogP contribution in [0.2, 0.25) is 0 Å². The Morgan fingerprint density at radius 1 is 0.739 bits per heavy atom. The van der Waals surface area contributed by atoms with E-state index in [1.807, 2.05) is 30.3 Å². The molecule has 0 atom stereocenters. The lowest BCUT2D eigenvalue weighted by atomic mass is 10.1. The monoisotopic (exact) mass is 376 g/mol. The highest BCUT2D eigenvalue weighted by Crippen LogP contribution is 2.14. The molecule has 0 spiro atoms. The number of halogens is 1. The molecule has 0 N–H and O–H groups in total. The number of ether oxygens (including phenoxy) is 2. The predicted octanol–water partition coefficient (Wildman–Crippen LogP) is 5.39. The van der Waals surface area contributed by atoms with Gasteiger partial charge in [-0.3, -0.25) is 0 Å². The molecule has 2 nitrogen and oxygen atoms in total. The minimum Gasteiger partial charge on any atom is -0.489 e. The van der Waals surface area contributed by atoms with Crippen molar-refractivity contribution in [3.8, 4) is 5.75 Å². The summed E-state index contributed by atoms with van der Waals surface area (Å²) < 4.78 is 11.5. The number of rotatable bonds is 11. The van der Waals surface area contributed by atoms with Crippen molar-refractivity contribution >= 4 is 15.9 Å². The van der Waals surface area contributed by atoms with Gasteiger partial charge in [-0.1, -0.05) is 64.8 Å². The third-order valence-electron chi connectivity index (χ3n) is 3.63. The minimum absolute atomic E-state index is 0.609. The topological polar surface area (TPSA) is 18.5 Å². The van der Waals surface area contributed by atoms with Gasteiger partial charge in [-0.25, -0.2) is 0 Å². The van der Waals surface area contributed by atoms with Crippen molar-refractivity contribution in [1.82, 2.24) is 0 Å². The maximum absolute atomic E-state index is 5.79. The van der Waals surface area contributed by atoms with E-state index in [2.05, 4.69) is 40.2 Å². The average molecular weight is 377 g/mol. The fourth-order valence-electron chi connectivity index (χ4n) is 2.26. The standard InChI is InChI=1S/C20H25BrO2/c21-14-5-2-6-15-22-16-13-18-9-11-20(12-10-18)23-17-19-7-3-1-4-8-19/h1,3-4,7-12H,2,5-6,13-17H2. The molecular formula is C20H25BrO2. The summed E-state index contributed by atoms with van der Waals surface area (Å²) in [4.78, 5) is 0. The summed E-state index contributed by atoms with van der Waals surface area (Å²) in [6.07, 6.45) is 4.57. The lowest BCUT2D eigenvalue weighted by Crippen LogP contribution is -2.01. The zero-order valence-electron chi connectivity index (χ0n) is 13.5. The van der Waals surface area contributed by atoms with Crippen molar-refractivity contribution in [3.63, 3.8) is 0 Å². The van der Waals surface area contributed by atoms with Gasteiger partial charge >= 0.3 is 0 Å². The van der Waals surface area contributed by atoms with Crippen molar-refractivity contribution in [2.45, 2.75) is 32.3 Å². The van der Waals surface area contributed by atoms with E-state index in [0.717, 1.165) is 37.1 Å². The van der Waals surface area contributed by atoms with Crippen molar-refractivity contribution in [2.24, 2.45) is 0 Å². The molecule has 0 aliphatic heterocycles. The number of hydrogen-bond donors (Lipinski definition) is 0. The second-order valence-electron chi connectivity index (χ2n) is 5.53. The molecule has 23 heavy (non-hydrogen) atoms. The van der Waals surface area contributed by atoms with Gasteiger partial charge in [-0.2, -0.15) is 0 Å². The molecule has 0 aromatic heterocycles. The van der Waals surface area contributed by atoms with Crippen LogP contribution in [-0.4, -0.2) is 18.5 Å². The first-order chi connectivity index (χ1) is 11.4. The van der Waals surface area contributed by atoms with Gasteiger partial charge in [0.15, 0.2) is 0 Å². The van der Waals surface area contributed by atoms with Crippen LogP contribution < -0.4 is 4.74 Å². The molecule has 0 bridgehead atoms. The van der Waals surface area contributed by atoms with E-state index >= 15 is 0 Å². The lowest BCUT2D eigenvalue weighted by molar-refractivity contribution is 0.133. The summed E-state index contributed by atoms with van der Waals surface area (Å²) in [7, 11) is 0. The molecule has 2 rings (SSSR count). The Labute approximate surface area is 148 Å². The van der Waals surface area contributed by atoms with Crippen LogP contribution in [0.4, 0.5) is 0 Å². The predicted molar refractivity (Wildman–Crippen MR) is 99.4 cm³/mol. The van der Waals surface area contributed by atoms with Gasteiger partial charge in [0, 0.05) is 11.9 Å². The Balaban J connectivity index is 1.62. The van der Waals surface area contributed by atoms with Gasteiger partial charge in [-0.15, -0.1) is 0 Å². The molecule has 2 aromatic carbocycles. The number of hydrogen-bond acceptors (Lipinski definition) is 2. The third-order valence-corrected chi connectivity index (χ3v) is 4.19. The fourth-order valence-corrected chi connectivity index (χ4v) is 2.66. The van der Waals surface area contributed by atoms with Crippen LogP contribution >= 0.6 is 15.9 Å². The largest absolute Gasteiger partial charge is 0.489 e. The summed E-state index contributed by atoms with van der Waals surface area (Å²) in [5, 5.41) is 1.09. The first-order valence-electron chi connectivity index (χ1n) is 8.28. The molecule has 0 unspecified atom stereocenters. The molecule has 0 amide bonds. The highest BCUT2D eigenvalue weighted by Gasteiger charge is 1.98. The second-order valence-corrected chi connectivity index (χ2v) is 6.32. The minimum atomic E-state index is 0.609. The highest BCUT2D eigenvalue weighted by molar-refractivity contribution is 9.09. The summed E-state index contributed by atoms with van der Waals surface area (Å²) in [5.74, 6) is 0.910. The average Bonchev–Trinajstić information content (AvgIpc) is 2.61. The van der Waals surface area contributed by atoms with E-state index in [-0.39, 0.29) is 0 Å². The normalized spacial score (nSPS) is 10.7. The van der Waals surface area contributed by atoms with E-state index in [1.54, 1.807) is 0 Å². The first kappa shape index (κ1) is 18.0. The van der Waals surface area contributed by atoms with E-state index in [4.69, 9.17) is 9.47 Å². The Morgan fingerprint density at radius 3 is 2.26 bits per heavy atom. The Bertz CT molecular complexity index is 525. The molecule has 0 heterocycles. The number of benzene rings is 2. The lowest BCUT2D eigenvalue weighted by Gasteiger charge is -2.08. The quantitative estimate of drug-likeness (QED) is 0.386. The molecule has 0 aliphatic carbocycles. The molecule has 124 valence electrons. The first-order valence-corrected chi connectivity index (χ1v) is 9.40. The van der Waals surface area contributed by atoms with Gasteiger partial charge < -0.3 is 9.47 Å². The van der Waals surface area contributed by atoms with Crippen LogP contribution in [0.25, 0.3) is 0 Å². The van der Waals surface area contributed by atoms with Crippen molar-refractivity contribution in [1.29, 1.82) is 0 Å². The van der Waals surface area contributed by atoms with Crippen LogP contribution in [0.1, 0.15) is 30.4 Å². The molecule has 3 heteroatoms. The van der Waals surface area contributed by atoms with Crippen molar-refractivity contribution in [3.05, 3.63) is 65.7 Å². The van der Waals surface area contributed by atoms with Crippen LogP contribution in [-0.2, 0) is 17.8 Å². The van der Waals surface area contributed by atoms with Crippen LogP contribution in [0, 0.1) is 0 Å². The molecule has 0 fully saturated rings. The van der Waals surface area contributed by atoms with E-state index in [9.17, 15) is 0 Å². The molecule has 0 aliphatic rings. The van der Waals surface area contributed by atoms with E-state index < -0.39 is 0 Å². The number of alkyl halides is 1. The van der Waals surface area contributed by atoms with Crippen LogP contribution in [0.3, 0.4) is 0 Å². The van der Waals surface area contributed by atoms with Gasteiger partial charge in [0.2, 0.25) is 0 Å². The summed E-state index contributed by atoms with van der Waals surface area (Å²) in [5.41, 5.74) is 2.47. The molecule has 0 radical (unpaired) electrons. The van der Waals surface area contributed by atoms with Crippen molar-refractivity contribution < 1.29 is 9.47 Å². The van der Waals surface area contributed by atoms with E-state index in [1.165, 1.54) is 24.0 Å². The van der Waals surface area contributed by atoms with Crippen molar-refractivity contribution in [2.75, 3.05) is 18.5 Å². The Kier molecular flexibility index (Phi) is 8.82. The smallest absolute Gasteiger partial charge is 0.119 e. The van der Waals surface area contributed by atoms with Gasteiger partial charge in [0.05, 0.1) is 6.61 Å². The maximum Gasteiger partial charge on any atom is 0.119 e. The van der Waals surface area contributed by atoms with Gasteiger partial charge in [-0.05, 0) is 42.5 Å². The third kappa shape index (κ3) is 7.67. The molecule has 0 saturated heterocycles. The summed E-state index contributed by atoms with van der Waals surface area (Å²) in [6.45, 7) is 2.27. The van der Waals surface area contributed by atoms with Gasteiger partial charge in [0.25, 0.3) is 0 Å². The van der Waals surface area contributed by atoms with E-state index in [0.29, 0.717) is 6.61 Å². The summed E-state index contributed by atoms with van der Waals surface area (Å²) >= 11 is 3.44. The SMILES string of the molecule is BrCCCCCOCCc1ccc(OCc2ccccc2)cc1. The second kappa shape index (κ2) is 11.3. The molecule has 0 saturated carbocycles. The zero-order valence-corrected chi connectivity index (χ0v) is 15.1. The highest BCUT2D eigenvalue weighted by atomic mass is 79.9. The fraction of sp³-hybridized carbons (Fsp3) is 0.400.